The number of ether oxygens (including phenoxy) is 1. The molecule has 1 aliphatic rings. The molecule has 1 heteroatoms. The summed E-state index contributed by atoms with van der Waals surface area (Å²) in [6.07, 6.45) is 8.99. The second kappa shape index (κ2) is 5.64. The smallest absolute Gasteiger partial charge is 0.0578 e. The van der Waals surface area contributed by atoms with Crippen LogP contribution in [0.25, 0.3) is 0 Å². The van der Waals surface area contributed by atoms with Crippen LogP contribution >= 0.6 is 0 Å². The summed E-state index contributed by atoms with van der Waals surface area (Å²) < 4.78 is 6.00. The van der Waals surface area contributed by atoms with E-state index in [-0.39, 0.29) is 0 Å². The van der Waals surface area contributed by atoms with E-state index >= 15 is 0 Å². The van der Waals surface area contributed by atoms with Crippen LogP contribution in [0.5, 0.6) is 0 Å². The van der Waals surface area contributed by atoms with Crippen molar-refractivity contribution < 1.29 is 4.74 Å². The zero-order valence-corrected chi connectivity index (χ0v) is 9.38. The Bertz CT molecular complexity index is 125. The summed E-state index contributed by atoms with van der Waals surface area (Å²) >= 11 is 0. The third-order valence-electron chi connectivity index (χ3n) is 2.78. The Morgan fingerprint density at radius 1 is 1.08 bits per heavy atom. The molecule has 1 rings (SSSR count). The Morgan fingerprint density at radius 3 is 2.23 bits per heavy atom. The van der Waals surface area contributed by atoms with Gasteiger partial charge in [-0.2, -0.15) is 0 Å². The van der Waals surface area contributed by atoms with Gasteiger partial charge in [0.25, 0.3) is 0 Å². The van der Waals surface area contributed by atoms with Crippen molar-refractivity contribution in [3.63, 3.8) is 0 Å². The third-order valence-corrected chi connectivity index (χ3v) is 2.78. The van der Waals surface area contributed by atoms with Gasteiger partial charge in [-0.1, -0.05) is 33.1 Å². The Kier molecular flexibility index (Phi) is 4.79. The van der Waals surface area contributed by atoms with Crippen LogP contribution in [0, 0.1) is 5.92 Å². The summed E-state index contributed by atoms with van der Waals surface area (Å²) in [6, 6.07) is 0. The molecule has 0 heterocycles. The fourth-order valence-corrected chi connectivity index (χ4v) is 2.25. The van der Waals surface area contributed by atoms with Crippen LogP contribution in [-0.2, 0) is 4.74 Å². The standard InChI is InChI=1S/C12H24O/c1-10(2)9-11(3)13-12-7-5-4-6-8-12/h10-12H,4-9H2,1-3H3/t11-/m1/s1. The van der Waals surface area contributed by atoms with Gasteiger partial charge in [-0.05, 0) is 32.1 Å². The van der Waals surface area contributed by atoms with Gasteiger partial charge in [-0.3, -0.25) is 0 Å². The van der Waals surface area contributed by atoms with E-state index in [0.717, 1.165) is 5.92 Å². The molecule has 0 aromatic rings. The first-order valence-electron chi connectivity index (χ1n) is 5.84. The molecule has 1 aliphatic carbocycles. The predicted molar refractivity (Wildman–Crippen MR) is 56.9 cm³/mol. The topological polar surface area (TPSA) is 9.23 Å². The van der Waals surface area contributed by atoms with E-state index < -0.39 is 0 Å². The lowest BCUT2D eigenvalue weighted by molar-refractivity contribution is -0.0290. The Hall–Kier alpha value is -0.0400. The third kappa shape index (κ3) is 4.66. The molecule has 1 atom stereocenters. The molecule has 0 bridgehead atoms. The molecule has 1 nitrogen and oxygen atoms in total. The summed E-state index contributed by atoms with van der Waals surface area (Å²) in [7, 11) is 0. The molecular formula is C12H24O. The van der Waals surface area contributed by atoms with Crippen LogP contribution < -0.4 is 0 Å². The highest BCUT2D eigenvalue weighted by molar-refractivity contribution is 4.67. The van der Waals surface area contributed by atoms with E-state index in [0.29, 0.717) is 12.2 Å². The molecule has 0 radical (unpaired) electrons. The van der Waals surface area contributed by atoms with Gasteiger partial charge >= 0.3 is 0 Å². The Labute approximate surface area is 82.9 Å². The molecule has 0 spiro atoms. The minimum atomic E-state index is 0.461. The number of hydrogen-bond acceptors (Lipinski definition) is 1. The molecule has 0 saturated heterocycles. The van der Waals surface area contributed by atoms with E-state index in [1.165, 1.54) is 38.5 Å². The van der Waals surface area contributed by atoms with Crippen molar-refractivity contribution in [2.24, 2.45) is 5.92 Å². The zero-order chi connectivity index (χ0) is 9.68. The maximum absolute atomic E-state index is 6.00. The van der Waals surface area contributed by atoms with E-state index in [1.54, 1.807) is 0 Å². The van der Waals surface area contributed by atoms with Gasteiger partial charge in [0.2, 0.25) is 0 Å². The lowest BCUT2D eigenvalue weighted by atomic mass is 9.97. The molecule has 0 unspecified atom stereocenters. The van der Waals surface area contributed by atoms with E-state index in [9.17, 15) is 0 Å². The second-order valence-electron chi connectivity index (χ2n) is 4.84. The number of rotatable bonds is 4. The Morgan fingerprint density at radius 2 is 1.69 bits per heavy atom. The SMILES string of the molecule is CC(C)C[C@@H](C)OC1CCCCC1. The minimum absolute atomic E-state index is 0.461. The highest BCUT2D eigenvalue weighted by atomic mass is 16.5. The predicted octanol–water partition coefficient (Wildman–Crippen LogP) is 3.77. The first-order valence-corrected chi connectivity index (χ1v) is 5.84. The molecular weight excluding hydrogens is 160 g/mol. The van der Waals surface area contributed by atoms with Crippen molar-refractivity contribution >= 4 is 0 Å². The van der Waals surface area contributed by atoms with Crippen molar-refractivity contribution in [2.75, 3.05) is 0 Å². The van der Waals surface area contributed by atoms with Crippen molar-refractivity contribution in [3.05, 3.63) is 0 Å². The normalized spacial score (nSPS) is 22.2. The zero-order valence-electron chi connectivity index (χ0n) is 9.38. The Balaban J connectivity index is 2.14. The van der Waals surface area contributed by atoms with Crippen LogP contribution in [-0.4, -0.2) is 12.2 Å². The van der Waals surface area contributed by atoms with E-state index in [2.05, 4.69) is 20.8 Å². The van der Waals surface area contributed by atoms with Gasteiger partial charge < -0.3 is 4.74 Å². The summed E-state index contributed by atoms with van der Waals surface area (Å²) in [5, 5.41) is 0. The molecule has 0 N–H and O–H groups in total. The largest absolute Gasteiger partial charge is 0.375 e. The van der Waals surface area contributed by atoms with Gasteiger partial charge in [0.1, 0.15) is 0 Å². The molecule has 0 aromatic carbocycles. The average Bonchev–Trinajstić information content (AvgIpc) is 2.04. The van der Waals surface area contributed by atoms with Gasteiger partial charge in [0.05, 0.1) is 12.2 Å². The monoisotopic (exact) mass is 184 g/mol. The maximum atomic E-state index is 6.00. The van der Waals surface area contributed by atoms with Crippen molar-refractivity contribution in [2.45, 2.75) is 71.5 Å². The van der Waals surface area contributed by atoms with Gasteiger partial charge in [-0.25, -0.2) is 0 Å². The number of hydrogen-bond donors (Lipinski definition) is 0. The molecule has 13 heavy (non-hydrogen) atoms. The first kappa shape index (κ1) is 11.0. The van der Waals surface area contributed by atoms with Gasteiger partial charge in [-0.15, -0.1) is 0 Å². The van der Waals surface area contributed by atoms with Crippen LogP contribution in [0.15, 0.2) is 0 Å². The highest BCUT2D eigenvalue weighted by Gasteiger charge is 2.16. The molecule has 1 fully saturated rings. The van der Waals surface area contributed by atoms with Crippen molar-refractivity contribution in [1.82, 2.24) is 0 Å². The van der Waals surface area contributed by atoms with Gasteiger partial charge in [0, 0.05) is 0 Å². The van der Waals surface area contributed by atoms with E-state index in [4.69, 9.17) is 4.74 Å². The average molecular weight is 184 g/mol. The van der Waals surface area contributed by atoms with Crippen molar-refractivity contribution in [1.29, 1.82) is 0 Å². The van der Waals surface area contributed by atoms with Crippen LogP contribution in [0.4, 0.5) is 0 Å². The maximum Gasteiger partial charge on any atom is 0.0578 e. The minimum Gasteiger partial charge on any atom is -0.375 e. The van der Waals surface area contributed by atoms with Crippen LogP contribution in [0.1, 0.15) is 59.3 Å². The molecule has 1 saturated carbocycles. The van der Waals surface area contributed by atoms with E-state index in [1.807, 2.05) is 0 Å². The summed E-state index contributed by atoms with van der Waals surface area (Å²) in [5.74, 6) is 0.763. The quantitative estimate of drug-likeness (QED) is 0.646. The van der Waals surface area contributed by atoms with Gasteiger partial charge in [0.15, 0.2) is 0 Å². The highest BCUT2D eigenvalue weighted by Crippen LogP contribution is 2.22. The fourth-order valence-electron chi connectivity index (χ4n) is 2.25. The summed E-state index contributed by atoms with van der Waals surface area (Å²) in [5.41, 5.74) is 0. The summed E-state index contributed by atoms with van der Waals surface area (Å²) in [6.45, 7) is 6.75. The lowest BCUT2D eigenvalue weighted by Crippen LogP contribution is -2.23. The van der Waals surface area contributed by atoms with Crippen molar-refractivity contribution in [3.8, 4) is 0 Å². The molecule has 78 valence electrons. The van der Waals surface area contributed by atoms with Crippen LogP contribution in [0.3, 0.4) is 0 Å². The molecule has 0 amide bonds. The first-order chi connectivity index (χ1) is 6.18. The molecule has 0 aromatic heterocycles. The fraction of sp³-hybridized carbons (Fsp3) is 1.00. The molecule has 0 aliphatic heterocycles. The van der Waals surface area contributed by atoms with Crippen LogP contribution in [0.2, 0.25) is 0 Å². The summed E-state index contributed by atoms with van der Waals surface area (Å²) in [4.78, 5) is 0. The lowest BCUT2D eigenvalue weighted by Gasteiger charge is -2.26. The second-order valence-corrected chi connectivity index (χ2v) is 4.84.